The van der Waals surface area contributed by atoms with Crippen LogP contribution >= 0.6 is 0 Å². The van der Waals surface area contributed by atoms with E-state index in [0.29, 0.717) is 26.1 Å². The predicted molar refractivity (Wildman–Crippen MR) is 88.7 cm³/mol. The highest BCUT2D eigenvalue weighted by Crippen LogP contribution is 2.16. The molecule has 0 saturated carbocycles. The second kappa shape index (κ2) is 7.75. The molecule has 130 valence electrons. The lowest BCUT2D eigenvalue weighted by atomic mass is 10.1. The number of amides is 2. The summed E-state index contributed by atoms with van der Waals surface area (Å²) in [5.74, 6) is -0.310. The number of piperidine rings is 1. The molecule has 0 radical (unpaired) electrons. The first-order chi connectivity index (χ1) is 11.6. The molecule has 2 amide bonds. The SMILES string of the molecule is O=C(CN1CCCCC1)NC1CC(=O)N(Cc2cccc(F)c2)C1. The minimum absolute atomic E-state index is 0.00235. The first kappa shape index (κ1) is 16.9. The smallest absolute Gasteiger partial charge is 0.234 e. The monoisotopic (exact) mass is 333 g/mol. The fraction of sp³-hybridized carbons (Fsp3) is 0.556. The Bertz CT molecular complexity index is 602. The number of hydrogen-bond donors (Lipinski definition) is 1. The maximum Gasteiger partial charge on any atom is 0.234 e. The quantitative estimate of drug-likeness (QED) is 0.889. The zero-order valence-electron chi connectivity index (χ0n) is 13.8. The summed E-state index contributed by atoms with van der Waals surface area (Å²) in [4.78, 5) is 28.1. The van der Waals surface area contributed by atoms with Crippen molar-refractivity contribution in [3.8, 4) is 0 Å². The van der Waals surface area contributed by atoms with Crippen LogP contribution in [0.1, 0.15) is 31.2 Å². The van der Waals surface area contributed by atoms with Gasteiger partial charge in [0.2, 0.25) is 11.8 Å². The van der Waals surface area contributed by atoms with Crippen LogP contribution in [-0.2, 0) is 16.1 Å². The summed E-state index contributed by atoms with van der Waals surface area (Å²) in [6.45, 7) is 3.23. The second-order valence-corrected chi connectivity index (χ2v) is 6.71. The molecule has 1 aromatic rings. The third-order valence-electron chi connectivity index (χ3n) is 4.66. The van der Waals surface area contributed by atoms with Crippen molar-refractivity contribution < 1.29 is 14.0 Å². The number of nitrogens with zero attached hydrogens (tertiary/aromatic N) is 2. The number of rotatable bonds is 5. The zero-order valence-corrected chi connectivity index (χ0v) is 13.8. The Hall–Kier alpha value is -1.95. The fourth-order valence-corrected chi connectivity index (χ4v) is 3.47. The van der Waals surface area contributed by atoms with E-state index in [1.807, 2.05) is 0 Å². The maximum absolute atomic E-state index is 13.2. The number of nitrogens with one attached hydrogen (secondary N) is 1. The Morgan fingerprint density at radius 2 is 2.04 bits per heavy atom. The summed E-state index contributed by atoms with van der Waals surface area (Å²) in [5.41, 5.74) is 0.767. The third-order valence-corrected chi connectivity index (χ3v) is 4.66. The van der Waals surface area contributed by atoms with E-state index < -0.39 is 0 Å². The van der Waals surface area contributed by atoms with E-state index in [-0.39, 0.29) is 23.7 Å². The number of halogens is 1. The van der Waals surface area contributed by atoms with Gasteiger partial charge in [-0.1, -0.05) is 18.6 Å². The molecular weight excluding hydrogens is 309 g/mol. The van der Waals surface area contributed by atoms with E-state index in [2.05, 4.69) is 10.2 Å². The highest BCUT2D eigenvalue weighted by molar-refractivity contribution is 5.83. The van der Waals surface area contributed by atoms with Crippen molar-refractivity contribution >= 4 is 11.8 Å². The van der Waals surface area contributed by atoms with E-state index in [1.165, 1.54) is 18.6 Å². The minimum atomic E-state index is -0.300. The zero-order chi connectivity index (χ0) is 16.9. The Balaban J connectivity index is 1.48. The van der Waals surface area contributed by atoms with Crippen LogP contribution in [0.3, 0.4) is 0 Å². The van der Waals surface area contributed by atoms with Gasteiger partial charge in [0, 0.05) is 19.5 Å². The van der Waals surface area contributed by atoms with Crippen LogP contribution in [0, 0.1) is 5.82 Å². The highest BCUT2D eigenvalue weighted by Gasteiger charge is 2.30. The number of hydrogen-bond acceptors (Lipinski definition) is 3. The van der Waals surface area contributed by atoms with Crippen molar-refractivity contribution in [1.82, 2.24) is 15.1 Å². The molecule has 1 N–H and O–H groups in total. The number of likely N-dealkylation sites (tertiary alicyclic amines) is 2. The predicted octanol–water partition coefficient (Wildman–Crippen LogP) is 1.53. The molecule has 24 heavy (non-hydrogen) atoms. The van der Waals surface area contributed by atoms with E-state index in [9.17, 15) is 14.0 Å². The standard InChI is InChI=1S/C18H24FN3O2/c19-15-6-4-5-14(9-15)11-22-12-16(10-18(22)24)20-17(23)13-21-7-2-1-3-8-21/h4-6,9,16H,1-3,7-8,10-13H2,(H,20,23). The summed E-state index contributed by atoms with van der Waals surface area (Å²) in [7, 11) is 0. The third kappa shape index (κ3) is 4.54. The van der Waals surface area contributed by atoms with Crippen molar-refractivity contribution in [2.45, 2.75) is 38.3 Å². The maximum atomic E-state index is 13.2. The Kier molecular flexibility index (Phi) is 5.45. The lowest BCUT2D eigenvalue weighted by molar-refractivity contribution is -0.128. The average molecular weight is 333 g/mol. The van der Waals surface area contributed by atoms with E-state index in [0.717, 1.165) is 31.5 Å². The Labute approximate surface area is 141 Å². The van der Waals surface area contributed by atoms with Crippen LogP contribution in [0.2, 0.25) is 0 Å². The molecule has 2 heterocycles. The topological polar surface area (TPSA) is 52.7 Å². The molecule has 0 bridgehead atoms. The highest BCUT2D eigenvalue weighted by atomic mass is 19.1. The van der Waals surface area contributed by atoms with Gasteiger partial charge in [0.15, 0.2) is 0 Å². The van der Waals surface area contributed by atoms with Crippen molar-refractivity contribution in [2.75, 3.05) is 26.2 Å². The summed E-state index contributed by atoms with van der Waals surface area (Å²) in [5, 5.41) is 2.97. The van der Waals surface area contributed by atoms with Gasteiger partial charge in [-0.3, -0.25) is 14.5 Å². The van der Waals surface area contributed by atoms with Gasteiger partial charge >= 0.3 is 0 Å². The molecule has 1 atom stereocenters. The molecule has 2 saturated heterocycles. The number of benzene rings is 1. The van der Waals surface area contributed by atoms with Crippen molar-refractivity contribution in [2.24, 2.45) is 0 Å². The fourth-order valence-electron chi connectivity index (χ4n) is 3.47. The molecule has 1 unspecified atom stereocenters. The molecule has 2 aliphatic rings. The van der Waals surface area contributed by atoms with Crippen LogP contribution in [0.5, 0.6) is 0 Å². The van der Waals surface area contributed by atoms with Crippen LogP contribution in [0.25, 0.3) is 0 Å². The van der Waals surface area contributed by atoms with Crippen molar-refractivity contribution in [1.29, 1.82) is 0 Å². The first-order valence-corrected chi connectivity index (χ1v) is 8.64. The molecule has 2 fully saturated rings. The van der Waals surface area contributed by atoms with E-state index >= 15 is 0 Å². The minimum Gasteiger partial charge on any atom is -0.350 e. The first-order valence-electron chi connectivity index (χ1n) is 8.64. The van der Waals surface area contributed by atoms with Crippen LogP contribution < -0.4 is 5.32 Å². The summed E-state index contributed by atoms with van der Waals surface area (Å²) >= 11 is 0. The number of carbonyl (C=O) groups excluding carboxylic acids is 2. The average Bonchev–Trinajstić information content (AvgIpc) is 2.87. The molecule has 0 aromatic heterocycles. The molecule has 6 heteroatoms. The molecule has 3 rings (SSSR count). The van der Waals surface area contributed by atoms with E-state index in [4.69, 9.17) is 0 Å². The van der Waals surface area contributed by atoms with Crippen LogP contribution in [0.4, 0.5) is 4.39 Å². The van der Waals surface area contributed by atoms with Gasteiger partial charge in [-0.05, 0) is 43.6 Å². The largest absolute Gasteiger partial charge is 0.350 e. The number of carbonyl (C=O) groups is 2. The molecule has 5 nitrogen and oxygen atoms in total. The van der Waals surface area contributed by atoms with Crippen LogP contribution in [0.15, 0.2) is 24.3 Å². The van der Waals surface area contributed by atoms with Gasteiger partial charge in [0.05, 0.1) is 12.6 Å². The van der Waals surface area contributed by atoms with Gasteiger partial charge in [-0.15, -0.1) is 0 Å². The summed E-state index contributed by atoms with van der Waals surface area (Å²) in [6, 6.07) is 6.12. The van der Waals surface area contributed by atoms with E-state index in [1.54, 1.807) is 17.0 Å². The van der Waals surface area contributed by atoms with Gasteiger partial charge in [-0.2, -0.15) is 0 Å². The lowest BCUT2D eigenvalue weighted by Gasteiger charge is -2.26. The lowest BCUT2D eigenvalue weighted by Crippen LogP contribution is -2.44. The van der Waals surface area contributed by atoms with Crippen LogP contribution in [-0.4, -0.2) is 53.8 Å². The second-order valence-electron chi connectivity index (χ2n) is 6.71. The van der Waals surface area contributed by atoms with Gasteiger partial charge in [0.25, 0.3) is 0 Å². The van der Waals surface area contributed by atoms with Gasteiger partial charge < -0.3 is 10.2 Å². The van der Waals surface area contributed by atoms with Gasteiger partial charge in [-0.25, -0.2) is 4.39 Å². The molecule has 1 aromatic carbocycles. The van der Waals surface area contributed by atoms with Gasteiger partial charge in [0.1, 0.15) is 5.82 Å². The molecule has 0 aliphatic carbocycles. The summed E-state index contributed by atoms with van der Waals surface area (Å²) < 4.78 is 13.2. The Morgan fingerprint density at radius 3 is 2.79 bits per heavy atom. The van der Waals surface area contributed by atoms with Crippen molar-refractivity contribution in [3.05, 3.63) is 35.6 Å². The Morgan fingerprint density at radius 1 is 1.25 bits per heavy atom. The normalized spacial score (nSPS) is 22.0. The summed E-state index contributed by atoms with van der Waals surface area (Å²) in [6.07, 6.45) is 3.86. The molecular formula is C18H24FN3O2. The molecule has 2 aliphatic heterocycles. The molecule has 0 spiro atoms. The van der Waals surface area contributed by atoms with Crippen molar-refractivity contribution in [3.63, 3.8) is 0 Å².